The minimum atomic E-state index is 0.732. The normalized spacial score (nSPS) is 11.1. The van der Waals surface area contributed by atoms with Crippen LogP contribution in [0.2, 0.25) is 0 Å². The van der Waals surface area contributed by atoms with Crippen LogP contribution in [0.4, 0.5) is 0 Å². The van der Waals surface area contributed by atoms with Crippen LogP contribution in [0.1, 0.15) is 0 Å². The van der Waals surface area contributed by atoms with E-state index in [0.717, 1.165) is 26.2 Å². The molecule has 3 aromatic rings. The minimum absolute atomic E-state index is 0.732. The molecule has 0 radical (unpaired) electrons. The number of aromatic nitrogens is 2. The Balaban J connectivity index is 2.33. The van der Waals surface area contributed by atoms with E-state index in [1.807, 2.05) is 34.9 Å². The fourth-order valence-corrected chi connectivity index (χ4v) is 2.53. The molecule has 0 amide bonds. The summed E-state index contributed by atoms with van der Waals surface area (Å²) in [5.74, 6) is 0.732. The van der Waals surface area contributed by atoms with Gasteiger partial charge in [0.15, 0.2) is 5.76 Å². The van der Waals surface area contributed by atoms with E-state index >= 15 is 0 Å². The van der Waals surface area contributed by atoms with Crippen molar-refractivity contribution in [2.24, 2.45) is 0 Å². The number of pyridine rings is 1. The molecule has 0 spiro atoms. The summed E-state index contributed by atoms with van der Waals surface area (Å²) < 4.78 is 9.16. The molecule has 0 atom stereocenters. The summed E-state index contributed by atoms with van der Waals surface area (Å²) >= 11 is 6.96. The van der Waals surface area contributed by atoms with E-state index in [-0.39, 0.29) is 0 Å². The summed E-state index contributed by atoms with van der Waals surface area (Å²) in [4.78, 5) is 4.51. The maximum Gasteiger partial charge on any atom is 0.169 e. The molecule has 0 bridgehead atoms. The third kappa shape index (κ3) is 1.43. The van der Waals surface area contributed by atoms with Gasteiger partial charge in [0.2, 0.25) is 0 Å². The van der Waals surface area contributed by atoms with E-state index in [4.69, 9.17) is 4.42 Å². The SMILES string of the molecule is Brc1ccoc1-c1nc2ccccn2c1Br. The molecule has 0 aliphatic heterocycles. The standard InChI is InChI=1S/C11H6Br2N2O/c12-7-4-6-16-10(7)9-11(13)15-5-2-1-3-8(15)14-9/h1-6H. The average molecular weight is 342 g/mol. The van der Waals surface area contributed by atoms with Gasteiger partial charge in [-0.3, -0.25) is 4.40 Å². The van der Waals surface area contributed by atoms with Gasteiger partial charge in [0.25, 0.3) is 0 Å². The first-order valence-corrected chi connectivity index (χ1v) is 6.22. The topological polar surface area (TPSA) is 30.4 Å². The summed E-state index contributed by atoms with van der Waals surface area (Å²) in [5.41, 5.74) is 1.68. The molecule has 3 rings (SSSR count). The molecule has 3 heterocycles. The van der Waals surface area contributed by atoms with Crippen LogP contribution >= 0.6 is 31.9 Å². The van der Waals surface area contributed by atoms with E-state index in [9.17, 15) is 0 Å². The lowest BCUT2D eigenvalue weighted by Crippen LogP contribution is -1.81. The fraction of sp³-hybridized carbons (Fsp3) is 0. The number of rotatable bonds is 1. The maximum absolute atomic E-state index is 5.41. The van der Waals surface area contributed by atoms with Crippen molar-refractivity contribution in [3.63, 3.8) is 0 Å². The lowest BCUT2D eigenvalue weighted by Gasteiger charge is -1.94. The fourth-order valence-electron chi connectivity index (χ4n) is 1.57. The first-order chi connectivity index (χ1) is 7.77. The van der Waals surface area contributed by atoms with Gasteiger partial charge in [0, 0.05) is 6.20 Å². The molecule has 5 heteroatoms. The third-order valence-electron chi connectivity index (χ3n) is 2.30. The Morgan fingerprint density at radius 1 is 1.19 bits per heavy atom. The first-order valence-electron chi connectivity index (χ1n) is 4.63. The Labute approximate surface area is 108 Å². The van der Waals surface area contributed by atoms with Crippen LogP contribution < -0.4 is 0 Å². The van der Waals surface area contributed by atoms with Gasteiger partial charge in [0.1, 0.15) is 15.9 Å². The van der Waals surface area contributed by atoms with Gasteiger partial charge in [-0.25, -0.2) is 4.98 Å². The van der Waals surface area contributed by atoms with E-state index in [2.05, 4.69) is 36.8 Å². The zero-order valence-electron chi connectivity index (χ0n) is 8.02. The van der Waals surface area contributed by atoms with Crippen LogP contribution in [0, 0.1) is 0 Å². The Kier molecular flexibility index (Phi) is 2.37. The highest BCUT2D eigenvalue weighted by molar-refractivity contribution is 9.11. The number of imidazole rings is 1. The smallest absolute Gasteiger partial charge is 0.169 e. The molecule has 16 heavy (non-hydrogen) atoms. The Morgan fingerprint density at radius 3 is 2.75 bits per heavy atom. The van der Waals surface area contributed by atoms with Gasteiger partial charge in [-0.05, 0) is 50.1 Å². The molecule has 0 saturated heterocycles. The van der Waals surface area contributed by atoms with Crippen molar-refractivity contribution in [2.75, 3.05) is 0 Å². The lowest BCUT2D eigenvalue weighted by atomic mass is 10.3. The zero-order chi connectivity index (χ0) is 11.1. The number of fused-ring (bicyclic) bond motifs is 1. The van der Waals surface area contributed by atoms with Crippen LogP contribution in [0.25, 0.3) is 17.1 Å². The highest BCUT2D eigenvalue weighted by Gasteiger charge is 2.16. The van der Waals surface area contributed by atoms with Crippen molar-refractivity contribution < 1.29 is 4.42 Å². The summed E-state index contributed by atoms with van der Waals surface area (Å²) in [6, 6.07) is 7.72. The number of halogens is 2. The molecule has 3 aromatic heterocycles. The maximum atomic E-state index is 5.41. The van der Waals surface area contributed by atoms with E-state index in [0.29, 0.717) is 0 Å². The molecule has 0 aromatic carbocycles. The van der Waals surface area contributed by atoms with Crippen molar-refractivity contribution in [2.45, 2.75) is 0 Å². The van der Waals surface area contributed by atoms with Gasteiger partial charge in [-0.2, -0.15) is 0 Å². The molecular formula is C11H6Br2N2O. The van der Waals surface area contributed by atoms with E-state index < -0.39 is 0 Å². The minimum Gasteiger partial charge on any atom is -0.461 e. The molecular weight excluding hydrogens is 336 g/mol. The van der Waals surface area contributed by atoms with Crippen molar-refractivity contribution in [3.8, 4) is 11.5 Å². The molecule has 0 aliphatic rings. The largest absolute Gasteiger partial charge is 0.461 e. The predicted molar refractivity (Wildman–Crippen MR) is 68.3 cm³/mol. The van der Waals surface area contributed by atoms with Crippen LogP contribution in [0.3, 0.4) is 0 Å². The number of hydrogen-bond acceptors (Lipinski definition) is 2. The Morgan fingerprint density at radius 2 is 2.06 bits per heavy atom. The summed E-state index contributed by atoms with van der Waals surface area (Å²) in [7, 11) is 0. The molecule has 0 aliphatic carbocycles. The zero-order valence-corrected chi connectivity index (χ0v) is 11.2. The highest BCUT2D eigenvalue weighted by Crippen LogP contribution is 2.34. The third-order valence-corrected chi connectivity index (χ3v) is 3.69. The summed E-state index contributed by atoms with van der Waals surface area (Å²) in [6.07, 6.45) is 3.59. The molecule has 3 nitrogen and oxygen atoms in total. The second-order valence-corrected chi connectivity index (χ2v) is 4.88. The number of hydrogen-bond donors (Lipinski definition) is 0. The van der Waals surface area contributed by atoms with Gasteiger partial charge < -0.3 is 4.42 Å². The Bertz CT molecular complexity index is 657. The molecule has 0 N–H and O–H groups in total. The molecule has 0 fully saturated rings. The first kappa shape index (κ1) is 10.1. The van der Waals surface area contributed by atoms with Gasteiger partial charge in [-0.15, -0.1) is 0 Å². The van der Waals surface area contributed by atoms with E-state index in [1.54, 1.807) is 6.26 Å². The predicted octanol–water partition coefficient (Wildman–Crippen LogP) is 4.12. The van der Waals surface area contributed by atoms with E-state index in [1.165, 1.54) is 0 Å². The Hall–Kier alpha value is -1.07. The van der Waals surface area contributed by atoms with Crippen LogP contribution in [0.15, 0.2) is 50.2 Å². The monoisotopic (exact) mass is 340 g/mol. The summed E-state index contributed by atoms with van der Waals surface area (Å²) in [5, 5.41) is 0. The molecule has 80 valence electrons. The molecule has 0 unspecified atom stereocenters. The van der Waals surface area contributed by atoms with Crippen molar-refractivity contribution >= 4 is 37.5 Å². The van der Waals surface area contributed by atoms with Gasteiger partial charge in [0.05, 0.1) is 10.7 Å². The molecule has 0 saturated carbocycles. The lowest BCUT2D eigenvalue weighted by molar-refractivity contribution is 0.579. The quantitative estimate of drug-likeness (QED) is 0.666. The van der Waals surface area contributed by atoms with Crippen molar-refractivity contribution in [1.82, 2.24) is 9.38 Å². The summed E-state index contributed by atoms with van der Waals surface area (Å²) in [6.45, 7) is 0. The van der Waals surface area contributed by atoms with Gasteiger partial charge >= 0.3 is 0 Å². The van der Waals surface area contributed by atoms with Crippen LogP contribution in [-0.4, -0.2) is 9.38 Å². The number of nitrogens with zero attached hydrogens (tertiary/aromatic N) is 2. The van der Waals surface area contributed by atoms with Crippen molar-refractivity contribution in [3.05, 3.63) is 45.8 Å². The van der Waals surface area contributed by atoms with Crippen LogP contribution in [0.5, 0.6) is 0 Å². The second-order valence-electron chi connectivity index (χ2n) is 3.28. The highest BCUT2D eigenvalue weighted by atomic mass is 79.9. The van der Waals surface area contributed by atoms with Crippen molar-refractivity contribution in [1.29, 1.82) is 0 Å². The second kappa shape index (κ2) is 3.75. The number of furan rings is 1. The average Bonchev–Trinajstić information content (AvgIpc) is 2.84. The van der Waals surface area contributed by atoms with Crippen LogP contribution in [-0.2, 0) is 0 Å². The van der Waals surface area contributed by atoms with Gasteiger partial charge in [-0.1, -0.05) is 6.07 Å².